The molecular formula is C26H32N2. The Hall–Kier alpha value is -2.42. The fourth-order valence-corrected chi connectivity index (χ4v) is 4.04. The average molecular weight is 373 g/mol. The molecule has 0 saturated heterocycles. The molecule has 2 unspecified atom stereocenters. The first-order chi connectivity index (χ1) is 13.7. The summed E-state index contributed by atoms with van der Waals surface area (Å²) >= 11 is 0. The summed E-state index contributed by atoms with van der Waals surface area (Å²) < 4.78 is 0. The third kappa shape index (κ3) is 5.54. The highest BCUT2D eigenvalue weighted by Crippen LogP contribution is 2.28. The average Bonchev–Trinajstić information content (AvgIpc) is 2.71. The van der Waals surface area contributed by atoms with Gasteiger partial charge in [-0.1, -0.05) is 90.0 Å². The van der Waals surface area contributed by atoms with Gasteiger partial charge in [0.2, 0.25) is 0 Å². The van der Waals surface area contributed by atoms with Crippen LogP contribution in [0, 0.1) is 13.8 Å². The van der Waals surface area contributed by atoms with Crippen LogP contribution in [0.1, 0.15) is 46.3 Å². The summed E-state index contributed by atoms with van der Waals surface area (Å²) in [6, 6.07) is 28.8. The van der Waals surface area contributed by atoms with Crippen LogP contribution in [-0.4, -0.2) is 13.6 Å². The highest BCUT2D eigenvalue weighted by molar-refractivity contribution is 5.29. The predicted octanol–water partition coefficient (Wildman–Crippen LogP) is 5.53. The van der Waals surface area contributed by atoms with Crippen LogP contribution in [0.2, 0.25) is 0 Å². The van der Waals surface area contributed by atoms with Gasteiger partial charge in [-0.15, -0.1) is 0 Å². The van der Waals surface area contributed by atoms with Crippen LogP contribution in [0.4, 0.5) is 0 Å². The number of benzene rings is 3. The van der Waals surface area contributed by atoms with Crippen molar-refractivity contribution in [3.05, 3.63) is 107 Å². The molecule has 0 amide bonds. The molecule has 2 heteroatoms. The monoisotopic (exact) mass is 372 g/mol. The first-order valence-corrected chi connectivity index (χ1v) is 10.2. The topological polar surface area (TPSA) is 24.1 Å². The second-order valence-corrected chi connectivity index (χ2v) is 7.62. The van der Waals surface area contributed by atoms with Crippen LogP contribution < -0.4 is 10.6 Å². The van der Waals surface area contributed by atoms with Gasteiger partial charge in [0.05, 0.1) is 12.1 Å². The second kappa shape index (κ2) is 10.2. The van der Waals surface area contributed by atoms with E-state index in [1.165, 1.54) is 27.8 Å². The van der Waals surface area contributed by atoms with Gasteiger partial charge in [0.15, 0.2) is 0 Å². The molecule has 146 valence electrons. The summed E-state index contributed by atoms with van der Waals surface area (Å²) in [6.07, 6.45) is 2.23. The Balaban J connectivity index is 1.69. The molecule has 0 aliphatic rings. The number of rotatable bonds is 9. The van der Waals surface area contributed by atoms with Gasteiger partial charge in [-0.25, -0.2) is 0 Å². The Kier molecular flexibility index (Phi) is 7.41. The van der Waals surface area contributed by atoms with E-state index < -0.39 is 0 Å². The molecular weight excluding hydrogens is 340 g/mol. The van der Waals surface area contributed by atoms with Gasteiger partial charge in [0.1, 0.15) is 0 Å². The van der Waals surface area contributed by atoms with Crippen molar-refractivity contribution in [1.82, 2.24) is 10.6 Å². The van der Waals surface area contributed by atoms with Gasteiger partial charge in [-0.05, 0) is 57.0 Å². The summed E-state index contributed by atoms with van der Waals surface area (Å²) in [4.78, 5) is 0. The number of nitrogens with one attached hydrogen (secondary N) is 2. The van der Waals surface area contributed by atoms with E-state index in [9.17, 15) is 0 Å². The van der Waals surface area contributed by atoms with E-state index >= 15 is 0 Å². The lowest BCUT2D eigenvalue weighted by molar-refractivity contribution is 0.403. The van der Waals surface area contributed by atoms with Crippen LogP contribution in [-0.2, 0) is 6.42 Å². The molecule has 28 heavy (non-hydrogen) atoms. The molecule has 0 aliphatic carbocycles. The van der Waals surface area contributed by atoms with E-state index in [4.69, 9.17) is 0 Å². The normalized spacial score (nSPS) is 13.2. The van der Waals surface area contributed by atoms with Crippen LogP contribution >= 0.6 is 0 Å². The number of hydrogen-bond acceptors (Lipinski definition) is 2. The van der Waals surface area contributed by atoms with Crippen molar-refractivity contribution in [1.29, 1.82) is 0 Å². The van der Waals surface area contributed by atoms with Gasteiger partial charge in [0.25, 0.3) is 0 Å². The van der Waals surface area contributed by atoms with Gasteiger partial charge in [-0.2, -0.15) is 0 Å². The van der Waals surface area contributed by atoms with Crippen molar-refractivity contribution in [2.24, 2.45) is 0 Å². The molecule has 0 aliphatic heterocycles. The minimum absolute atomic E-state index is 0.227. The SMILES string of the molecule is CNC(c1ccccc1)C(NCCCc1cc(C)cc(C)c1)c1ccccc1. The van der Waals surface area contributed by atoms with Crippen molar-refractivity contribution in [3.63, 3.8) is 0 Å². The van der Waals surface area contributed by atoms with Gasteiger partial charge in [-0.3, -0.25) is 0 Å². The van der Waals surface area contributed by atoms with E-state index in [-0.39, 0.29) is 12.1 Å². The minimum Gasteiger partial charge on any atom is -0.311 e. The van der Waals surface area contributed by atoms with E-state index in [0.29, 0.717) is 0 Å². The summed E-state index contributed by atoms with van der Waals surface area (Å²) in [6.45, 7) is 5.34. The third-order valence-electron chi connectivity index (χ3n) is 5.25. The van der Waals surface area contributed by atoms with Crippen molar-refractivity contribution in [2.45, 2.75) is 38.8 Å². The van der Waals surface area contributed by atoms with Crippen molar-refractivity contribution >= 4 is 0 Å². The highest BCUT2D eigenvalue weighted by Gasteiger charge is 2.22. The van der Waals surface area contributed by atoms with Crippen molar-refractivity contribution in [2.75, 3.05) is 13.6 Å². The maximum Gasteiger partial charge on any atom is 0.0518 e. The maximum atomic E-state index is 3.82. The Morgan fingerprint density at radius 2 is 1.25 bits per heavy atom. The molecule has 0 bridgehead atoms. The molecule has 0 spiro atoms. The molecule has 0 fully saturated rings. The summed E-state index contributed by atoms with van der Waals surface area (Å²) in [5.41, 5.74) is 6.76. The summed E-state index contributed by atoms with van der Waals surface area (Å²) in [7, 11) is 2.05. The van der Waals surface area contributed by atoms with E-state index in [0.717, 1.165) is 19.4 Å². The van der Waals surface area contributed by atoms with Crippen LogP contribution in [0.15, 0.2) is 78.9 Å². The molecule has 3 aromatic carbocycles. The Morgan fingerprint density at radius 1 is 0.714 bits per heavy atom. The number of aryl methyl sites for hydroxylation is 3. The predicted molar refractivity (Wildman–Crippen MR) is 120 cm³/mol. The fraction of sp³-hybridized carbons (Fsp3) is 0.308. The van der Waals surface area contributed by atoms with E-state index in [2.05, 4.69) is 103 Å². The Morgan fingerprint density at radius 3 is 1.79 bits per heavy atom. The van der Waals surface area contributed by atoms with Crippen molar-refractivity contribution < 1.29 is 0 Å². The lowest BCUT2D eigenvalue weighted by atomic mass is 9.93. The van der Waals surface area contributed by atoms with Gasteiger partial charge < -0.3 is 10.6 Å². The second-order valence-electron chi connectivity index (χ2n) is 7.62. The van der Waals surface area contributed by atoms with Crippen molar-refractivity contribution in [3.8, 4) is 0 Å². The molecule has 2 nitrogen and oxygen atoms in total. The minimum atomic E-state index is 0.227. The molecule has 3 rings (SSSR count). The molecule has 2 N–H and O–H groups in total. The lowest BCUT2D eigenvalue weighted by Gasteiger charge is -2.29. The first kappa shape index (κ1) is 20.3. The van der Waals surface area contributed by atoms with Crippen LogP contribution in [0.25, 0.3) is 0 Å². The molecule has 0 radical (unpaired) electrons. The lowest BCUT2D eigenvalue weighted by Crippen LogP contribution is -2.34. The molecule has 0 heterocycles. The molecule has 2 atom stereocenters. The fourth-order valence-electron chi connectivity index (χ4n) is 4.04. The van der Waals surface area contributed by atoms with Gasteiger partial charge >= 0.3 is 0 Å². The van der Waals surface area contributed by atoms with E-state index in [1.807, 2.05) is 7.05 Å². The maximum absolute atomic E-state index is 3.82. The molecule has 0 saturated carbocycles. The molecule has 3 aromatic rings. The summed E-state index contributed by atoms with van der Waals surface area (Å²) in [5, 5.41) is 7.35. The zero-order chi connectivity index (χ0) is 19.8. The highest BCUT2D eigenvalue weighted by atomic mass is 15.0. The Bertz CT molecular complexity index is 823. The summed E-state index contributed by atoms with van der Waals surface area (Å²) in [5.74, 6) is 0. The quantitative estimate of drug-likeness (QED) is 0.483. The number of hydrogen-bond donors (Lipinski definition) is 2. The first-order valence-electron chi connectivity index (χ1n) is 10.2. The molecule has 0 aromatic heterocycles. The van der Waals surface area contributed by atoms with Crippen LogP contribution in [0.5, 0.6) is 0 Å². The zero-order valence-electron chi connectivity index (χ0n) is 17.3. The van der Waals surface area contributed by atoms with Gasteiger partial charge in [0, 0.05) is 0 Å². The van der Waals surface area contributed by atoms with E-state index in [1.54, 1.807) is 0 Å². The Labute approximate surface area is 170 Å². The standard InChI is InChI=1S/C26H32N2/c1-20-17-21(2)19-22(18-20)11-10-16-28-26(24-14-8-5-9-15-24)25(27-3)23-12-6-4-7-13-23/h4-9,12-15,17-19,25-28H,10-11,16H2,1-3H3. The smallest absolute Gasteiger partial charge is 0.0518 e. The zero-order valence-corrected chi connectivity index (χ0v) is 17.3. The number of likely N-dealkylation sites (N-methyl/N-ethyl adjacent to an activating group) is 1. The van der Waals surface area contributed by atoms with Crippen LogP contribution in [0.3, 0.4) is 0 Å². The third-order valence-corrected chi connectivity index (χ3v) is 5.25. The largest absolute Gasteiger partial charge is 0.311 e.